The van der Waals surface area contributed by atoms with Crippen molar-refractivity contribution in [1.29, 1.82) is 0 Å². The molecule has 3 aromatic rings. The van der Waals surface area contributed by atoms with Crippen LogP contribution in [0.1, 0.15) is 25.1 Å². The molecule has 0 radical (unpaired) electrons. The Morgan fingerprint density at radius 2 is 1.79 bits per heavy atom. The Bertz CT molecular complexity index is 1120. The minimum atomic E-state index is -3.29. The number of nitrogens with zero attached hydrogens (tertiary/aromatic N) is 2. The van der Waals surface area contributed by atoms with Crippen LogP contribution in [0.25, 0.3) is 16.9 Å². The van der Waals surface area contributed by atoms with E-state index in [1.165, 1.54) is 12.2 Å². The van der Waals surface area contributed by atoms with Crippen LogP contribution in [0.2, 0.25) is 0 Å². The third-order valence-electron chi connectivity index (χ3n) is 5.24. The number of sulfonamides is 1. The van der Waals surface area contributed by atoms with Gasteiger partial charge in [0.2, 0.25) is 10.0 Å². The molecule has 0 saturated carbocycles. The molecule has 7 heteroatoms. The minimum Gasteiger partial charge on any atom is -0.492 e. The van der Waals surface area contributed by atoms with Crippen molar-refractivity contribution in [2.24, 2.45) is 0 Å². The van der Waals surface area contributed by atoms with E-state index < -0.39 is 10.0 Å². The fraction of sp³-hybridized carbons (Fsp3) is 0.318. The first-order valence-corrected chi connectivity index (χ1v) is 11.7. The number of para-hydroxylation sites is 2. The first-order valence-electron chi connectivity index (χ1n) is 9.82. The summed E-state index contributed by atoms with van der Waals surface area (Å²) in [6, 6.07) is 15.6. The van der Waals surface area contributed by atoms with Crippen molar-refractivity contribution in [3.05, 3.63) is 60.6 Å². The van der Waals surface area contributed by atoms with Crippen molar-refractivity contribution in [2.45, 2.75) is 32.2 Å². The Balaban J connectivity index is 1.81. The van der Waals surface area contributed by atoms with Gasteiger partial charge < -0.3 is 4.74 Å². The Kier molecular flexibility index (Phi) is 5.32. The molecule has 2 heterocycles. The van der Waals surface area contributed by atoms with Crippen molar-refractivity contribution in [3.63, 3.8) is 0 Å². The first kappa shape index (κ1) is 19.5. The summed E-state index contributed by atoms with van der Waals surface area (Å²) < 4.78 is 35.7. The fourth-order valence-corrected chi connectivity index (χ4v) is 4.53. The van der Waals surface area contributed by atoms with Gasteiger partial charge in [-0.1, -0.05) is 12.1 Å². The van der Waals surface area contributed by atoms with Crippen LogP contribution in [0.15, 0.2) is 54.7 Å². The molecule has 0 amide bonds. The van der Waals surface area contributed by atoms with Crippen LogP contribution in [0.3, 0.4) is 0 Å². The first-order chi connectivity index (χ1) is 14.0. The molecule has 0 bridgehead atoms. The van der Waals surface area contributed by atoms with E-state index >= 15 is 0 Å². The smallest absolute Gasteiger partial charge is 0.262 e. The van der Waals surface area contributed by atoms with Crippen molar-refractivity contribution in [2.75, 3.05) is 18.1 Å². The molecule has 2 aromatic carbocycles. The zero-order chi connectivity index (χ0) is 20.4. The van der Waals surface area contributed by atoms with Gasteiger partial charge in [0.1, 0.15) is 6.20 Å². The average molecular weight is 413 g/mol. The van der Waals surface area contributed by atoms with Crippen molar-refractivity contribution in [3.8, 4) is 22.7 Å². The number of hydrogen-bond donors (Lipinski definition) is 1. The van der Waals surface area contributed by atoms with Crippen LogP contribution in [0.4, 0.5) is 5.69 Å². The van der Waals surface area contributed by atoms with E-state index in [4.69, 9.17) is 4.74 Å². The van der Waals surface area contributed by atoms with Crippen LogP contribution in [-0.4, -0.2) is 26.4 Å². The lowest BCUT2D eigenvalue weighted by Crippen LogP contribution is -2.34. The van der Waals surface area contributed by atoms with Gasteiger partial charge in [0.25, 0.3) is 5.82 Å². The van der Waals surface area contributed by atoms with E-state index in [0.717, 1.165) is 54.8 Å². The Hall–Kier alpha value is -2.80. The van der Waals surface area contributed by atoms with Crippen LogP contribution in [0, 0.1) is 0 Å². The minimum absolute atomic E-state index is 0.566. The predicted octanol–water partition coefficient (Wildman–Crippen LogP) is 3.54. The van der Waals surface area contributed by atoms with Gasteiger partial charge in [-0.25, -0.2) is 13.0 Å². The predicted molar refractivity (Wildman–Crippen MR) is 114 cm³/mol. The molecule has 0 atom stereocenters. The SMILES string of the molecule is COc1ccccc1-[n+]1cc(-c2ccc(NS(C)(=O)=O)cc2)n2c1CCCCC2. The zero-order valence-electron chi connectivity index (χ0n) is 16.8. The summed E-state index contributed by atoms with van der Waals surface area (Å²) in [7, 11) is -1.59. The molecule has 152 valence electrons. The number of methoxy groups -OCH3 is 1. The number of fused-ring (bicyclic) bond motifs is 1. The summed E-state index contributed by atoms with van der Waals surface area (Å²) in [5.41, 5.74) is 3.78. The second-order valence-corrected chi connectivity index (χ2v) is 9.13. The van der Waals surface area contributed by atoms with E-state index in [-0.39, 0.29) is 0 Å². The summed E-state index contributed by atoms with van der Waals surface area (Å²) >= 11 is 0. The van der Waals surface area contributed by atoms with E-state index in [1.54, 1.807) is 19.2 Å². The van der Waals surface area contributed by atoms with Gasteiger partial charge in [0.15, 0.2) is 17.1 Å². The molecule has 1 aliphatic rings. The monoisotopic (exact) mass is 412 g/mol. The summed E-state index contributed by atoms with van der Waals surface area (Å²) in [6.07, 6.45) is 7.85. The molecule has 0 spiro atoms. The van der Waals surface area contributed by atoms with E-state index in [9.17, 15) is 8.42 Å². The molecule has 0 saturated heterocycles. The molecular weight excluding hydrogens is 386 g/mol. The van der Waals surface area contributed by atoms with Gasteiger partial charge in [0, 0.05) is 17.7 Å². The lowest BCUT2D eigenvalue weighted by molar-refractivity contribution is -0.604. The molecule has 4 rings (SSSR count). The molecule has 0 aliphatic carbocycles. The number of imidazole rings is 1. The lowest BCUT2D eigenvalue weighted by atomic mass is 10.1. The lowest BCUT2D eigenvalue weighted by Gasteiger charge is -2.06. The molecular formula is C22H26N3O3S+. The van der Waals surface area contributed by atoms with Crippen LogP contribution < -0.4 is 14.0 Å². The van der Waals surface area contributed by atoms with E-state index in [1.807, 2.05) is 30.3 Å². The van der Waals surface area contributed by atoms with Gasteiger partial charge in [-0.15, -0.1) is 0 Å². The Morgan fingerprint density at radius 1 is 1.03 bits per heavy atom. The zero-order valence-corrected chi connectivity index (χ0v) is 17.6. The Labute approximate surface area is 171 Å². The number of hydrogen-bond acceptors (Lipinski definition) is 3. The summed E-state index contributed by atoms with van der Waals surface area (Å²) in [5, 5.41) is 0. The quantitative estimate of drug-likeness (QED) is 0.652. The maximum atomic E-state index is 11.5. The second kappa shape index (κ2) is 7.91. The molecule has 6 nitrogen and oxygen atoms in total. The molecule has 29 heavy (non-hydrogen) atoms. The van der Waals surface area contributed by atoms with Crippen LogP contribution >= 0.6 is 0 Å². The summed E-state index contributed by atoms with van der Waals surface area (Å²) in [6.45, 7) is 0.968. The van der Waals surface area contributed by atoms with E-state index in [0.29, 0.717) is 5.69 Å². The van der Waals surface area contributed by atoms with Gasteiger partial charge >= 0.3 is 0 Å². The average Bonchev–Trinajstić information content (AvgIpc) is 2.88. The summed E-state index contributed by atoms with van der Waals surface area (Å²) in [5.74, 6) is 2.11. The van der Waals surface area contributed by atoms with Crippen molar-refractivity contribution >= 4 is 15.7 Å². The number of aromatic nitrogens is 2. The van der Waals surface area contributed by atoms with Crippen molar-refractivity contribution < 1.29 is 17.7 Å². The van der Waals surface area contributed by atoms with Crippen molar-refractivity contribution in [1.82, 2.24) is 4.57 Å². The largest absolute Gasteiger partial charge is 0.492 e. The molecule has 1 aromatic heterocycles. The third-order valence-corrected chi connectivity index (χ3v) is 5.85. The third kappa shape index (κ3) is 4.15. The standard InChI is InChI=1S/C22H26N3O3S/c1-28-21-9-6-5-8-19(21)25-16-20(24-15-7-3-4-10-22(24)25)17-11-13-18(14-12-17)23-29(2,26)27/h5-6,8-9,11-14,16,23H,3-4,7,10,15H2,1-2H3/q+1. The number of anilines is 1. The van der Waals surface area contributed by atoms with Gasteiger partial charge in [-0.05, 0) is 55.7 Å². The number of rotatable bonds is 5. The second-order valence-electron chi connectivity index (χ2n) is 7.39. The molecule has 1 aliphatic heterocycles. The molecule has 1 N–H and O–H groups in total. The van der Waals surface area contributed by atoms with E-state index in [2.05, 4.69) is 26.1 Å². The highest BCUT2D eigenvalue weighted by molar-refractivity contribution is 7.92. The maximum absolute atomic E-state index is 11.5. The summed E-state index contributed by atoms with van der Waals surface area (Å²) in [4.78, 5) is 0. The highest BCUT2D eigenvalue weighted by Gasteiger charge is 2.28. The van der Waals surface area contributed by atoms with Gasteiger partial charge in [-0.3, -0.25) is 4.72 Å². The molecule has 0 unspecified atom stereocenters. The number of ether oxygens (including phenoxy) is 1. The van der Waals surface area contributed by atoms with Gasteiger partial charge in [-0.2, -0.15) is 4.57 Å². The van der Waals surface area contributed by atoms with Gasteiger partial charge in [0.05, 0.1) is 19.9 Å². The highest BCUT2D eigenvalue weighted by atomic mass is 32.2. The van der Waals surface area contributed by atoms with Crippen LogP contribution in [0.5, 0.6) is 5.75 Å². The fourth-order valence-electron chi connectivity index (χ4n) is 3.96. The maximum Gasteiger partial charge on any atom is 0.262 e. The Morgan fingerprint density at radius 3 is 2.52 bits per heavy atom. The topological polar surface area (TPSA) is 64.2 Å². The number of benzene rings is 2. The normalized spacial score (nSPS) is 14.1. The van der Waals surface area contributed by atoms with Crippen LogP contribution in [-0.2, 0) is 23.0 Å². The highest BCUT2D eigenvalue weighted by Crippen LogP contribution is 2.28. The number of nitrogens with one attached hydrogen (secondary N) is 1. The molecule has 0 fully saturated rings.